The van der Waals surface area contributed by atoms with Crippen LogP contribution in [0.2, 0.25) is 0 Å². The standard InChI is InChI=1S/C28H34N4O10/c1-5-39-23(33)15-31(16-24(34)40-6-2)27(37)19-9-11-21(29-13-19)22-12-10-20(14-30-22)28(38)32(17-25(35)41-7-3)18-26(36)42-8-4/h9-14H,5-8,15-18H2,1-4H3. The summed E-state index contributed by atoms with van der Waals surface area (Å²) in [6.07, 6.45) is 2.53. The Morgan fingerprint density at radius 1 is 0.524 bits per heavy atom. The minimum atomic E-state index is -0.679. The number of hydrogen-bond acceptors (Lipinski definition) is 12. The number of aromatic nitrogens is 2. The summed E-state index contributed by atoms with van der Waals surface area (Å²) in [5.41, 5.74) is 0.936. The highest BCUT2D eigenvalue weighted by molar-refractivity contribution is 5.98. The highest BCUT2D eigenvalue weighted by Gasteiger charge is 2.25. The molecule has 0 aliphatic heterocycles. The van der Waals surface area contributed by atoms with E-state index in [2.05, 4.69) is 9.97 Å². The summed E-state index contributed by atoms with van der Waals surface area (Å²) in [6, 6.07) is 5.93. The first kappa shape index (κ1) is 33.3. The first-order valence-corrected chi connectivity index (χ1v) is 13.3. The number of amides is 2. The third-order valence-corrected chi connectivity index (χ3v) is 5.36. The monoisotopic (exact) mass is 586 g/mol. The predicted octanol–water partition coefficient (Wildman–Crippen LogP) is 1.28. The van der Waals surface area contributed by atoms with Crippen molar-refractivity contribution in [3.8, 4) is 11.4 Å². The molecule has 226 valence electrons. The number of hydrogen-bond donors (Lipinski definition) is 0. The maximum Gasteiger partial charge on any atom is 0.325 e. The van der Waals surface area contributed by atoms with Gasteiger partial charge in [0.25, 0.3) is 11.8 Å². The molecule has 2 aromatic heterocycles. The molecule has 0 fully saturated rings. The Balaban J connectivity index is 2.20. The molecule has 0 atom stereocenters. The van der Waals surface area contributed by atoms with Gasteiger partial charge in [0.1, 0.15) is 26.2 Å². The fourth-order valence-electron chi connectivity index (χ4n) is 3.56. The summed E-state index contributed by atoms with van der Waals surface area (Å²) >= 11 is 0. The van der Waals surface area contributed by atoms with Crippen LogP contribution in [0.3, 0.4) is 0 Å². The summed E-state index contributed by atoms with van der Waals surface area (Å²) in [7, 11) is 0. The molecular weight excluding hydrogens is 552 g/mol. The zero-order chi connectivity index (χ0) is 31.1. The second-order valence-corrected chi connectivity index (χ2v) is 8.41. The zero-order valence-corrected chi connectivity index (χ0v) is 24.0. The van der Waals surface area contributed by atoms with Gasteiger partial charge in [-0.3, -0.25) is 38.7 Å². The lowest BCUT2D eigenvalue weighted by atomic mass is 10.1. The molecule has 0 saturated carbocycles. The van der Waals surface area contributed by atoms with Gasteiger partial charge in [-0.05, 0) is 52.0 Å². The summed E-state index contributed by atoms with van der Waals surface area (Å²) in [5, 5.41) is 0. The zero-order valence-electron chi connectivity index (χ0n) is 24.0. The summed E-state index contributed by atoms with van der Waals surface area (Å²) in [5.74, 6) is -3.98. The molecule has 0 spiro atoms. The maximum absolute atomic E-state index is 13.0. The van der Waals surface area contributed by atoms with E-state index in [0.29, 0.717) is 11.4 Å². The maximum atomic E-state index is 13.0. The highest BCUT2D eigenvalue weighted by Crippen LogP contribution is 2.17. The number of pyridine rings is 2. The Labute approximate surface area is 242 Å². The van der Waals surface area contributed by atoms with E-state index >= 15 is 0 Å². The molecule has 2 aromatic rings. The molecular formula is C28H34N4O10. The van der Waals surface area contributed by atoms with Crippen LogP contribution in [0.25, 0.3) is 11.4 Å². The molecule has 0 saturated heterocycles. The molecule has 0 radical (unpaired) electrons. The molecule has 42 heavy (non-hydrogen) atoms. The van der Waals surface area contributed by atoms with Crippen molar-refractivity contribution in [2.75, 3.05) is 52.6 Å². The van der Waals surface area contributed by atoms with E-state index in [1.807, 2.05) is 0 Å². The van der Waals surface area contributed by atoms with Crippen molar-refractivity contribution in [2.24, 2.45) is 0 Å². The fourth-order valence-corrected chi connectivity index (χ4v) is 3.56. The van der Waals surface area contributed by atoms with Crippen molar-refractivity contribution in [1.29, 1.82) is 0 Å². The number of rotatable bonds is 15. The molecule has 14 nitrogen and oxygen atoms in total. The van der Waals surface area contributed by atoms with E-state index in [1.54, 1.807) is 27.7 Å². The SMILES string of the molecule is CCOC(=O)CN(CC(=O)OCC)C(=O)c1ccc(-c2ccc(C(=O)N(CC(=O)OCC)CC(=O)OCC)cn2)nc1. The number of carbonyl (C=O) groups is 6. The van der Waals surface area contributed by atoms with Crippen molar-refractivity contribution in [2.45, 2.75) is 27.7 Å². The highest BCUT2D eigenvalue weighted by atomic mass is 16.5. The Hall–Kier alpha value is -4.88. The number of nitrogens with zero attached hydrogens (tertiary/aromatic N) is 4. The van der Waals surface area contributed by atoms with Crippen molar-refractivity contribution >= 4 is 35.7 Å². The molecule has 0 N–H and O–H groups in total. The van der Waals surface area contributed by atoms with Gasteiger partial charge in [-0.25, -0.2) is 0 Å². The van der Waals surface area contributed by atoms with Crippen LogP contribution < -0.4 is 0 Å². The second kappa shape index (κ2) is 17.0. The molecule has 0 aliphatic carbocycles. The van der Waals surface area contributed by atoms with Crippen LogP contribution in [0.15, 0.2) is 36.7 Å². The number of carbonyl (C=O) groups excluding carboxylic acids is 6. The topological polar surface area (TPSA) is 172 Å². The van der Waals surface area contributed by atoms with Gasteiger partial charge in [0, 0.05) is 12.4 Å². The minimum Gasteiger partial charge on any atom is -0.465 e. The van der Waals surface area contributed by atoms with E-state index in [4.69, 9.17) is 18.9 Å². The van der Waals surface area contributed by atoms with Gasteiger partial charge in [0.2, 0.25) is 0 Å². The van der Waals surface area contributed by atoms with Crippen LogP contribution in [-0.4, -0.2) is 108 Å². The third kappa shape index (κ3) is 10.3. The van der Waals surface area contributed by atoms with Gasteiger partial charge in [-0.15, -0.1) is 0 Å². The lowest BCUT2D eigenvalue weighted by Gasteiger charge is -2.21. The first-order valence-electron chi connectivity index (χ1n) is 13.3. The molecule has 0 unspecified atom stereocenters. The average Bonchev–Trinajstić information content (AvgIpc) is 2.96. The normalized spacial score (nSPS) is 10.3. The van der Waals surface area contributed by atoms with Crippen LogP contribution in [0.1, 0.15) is 48.4 Å². The molecule has 0 aliphatic rings. The van der Waals surface area contributed by atoms with Crippen molar-refractivity contribution in [1.82, 2.24) is 19.8 Å². The van der Waals surface area contributed by atoms with E-state index in [1.165, 1.54) is 36.7 Å². The molecule has 2 amide bonds. The van der Waals surface area contributed by atoms with Crippen molar-refractivity contribution < 1.29 is 47.7 Å². The van der Waals surface area contributed by atoms with Crippen molar-refractivity contribution in [3.63, 3.8) is 0 Å². The largest absolute Gasteiger partial charge is 0.465 e. The Kier molecular flexibility index (Phi) is 13.5. The number of ether oxygens (including phenoxy) is 4. The van der Waals surface area contributed by atoms with Gasteiger partial charge < -0.3 is 28.7 Å². The Morgan fingerprint density at radius 3 is 1.02 bits per heavy atom. The molecule has 14 heteroatoms. The van der Waals surface area contributed by atoms with Crippen molar-refractivity contribution in [3.05, 3.63) is 47.8 Å². The van der Waals surface area contributed by atoms with Gasteiger partial charge >= 0.3 is 23.9 Å². The summed E-state index contributed by atoms with van der Waals surface area (Å²) < 4.78 is 19.6. The summed E-state index contributed by atoms with van der Waals surface area (Å²) in [4.78, 5) is 84.5. The van der Waals surface area contributed by atoms with Crippen LogP contribution in [0.4, 0.5) is 0 Å². The fraction of sp³-hybridized carbons (Fsp3) is 0.429. The van der Waals surface area contributed by atoms with Crippen LogP contribution in [-0.2, 0) is 38.1 Å². The Morgan fingerprint density at radius 2 is 0.810 bits per heavy atom. The van der Waals surface area contributed by atoms with E-state index < -0.39 is 61.9 Å². The van der Waals surface area contributed by atoms with E-state index in [0.717, 1.165) is 9.80 Å². The first-order chi connectivity index (χ1) is 20.1. The van der Waals surface area contributed by atoms with Gasteiger partial charge in [0.05, 0.1) is 48.9 Å². The lowest BCUT2D eigenvalue weighted by Crippen LogP contribution is -2.40. The average molecular weight is 587 g/mol. The lowest BCUT2D eigenvalue weighted by molar-refractivity contribution is -0.148. The van der Waals surface area contributed by atoms with Crippen LogP contribution in [0.5, 0.6) is 0 Å². The van der Waals surface area contributed by atoms with Crippen LogP contribution >= 0.6 is 0 Å². The van der Waals surface area contributed by atoms with E-state index in [9.17, 15) is 28.8 Å². The molecule has 0 bridgehead atoms. The molecule has 2 rings (SSSR count). The predicted molar refractivity (Wildman–Crippen MR) is 146 cm³/mol. The van der Waals surface area contributed by atoms with Crippen LogP contribution in [0, 0.1) is 0 Å². The summed E-state index contributed by atoms with van der Waals surface area (Å²) in [6.45, 7) is 5.14. The van der Waals surface area contributed by atoms with E-state index in [-0.39, 0.29) is 37.6 Å². The quantitative estimate of drug-likeness (QED) is 0.217. The van der Waals surface area contributed by atoms with Gasteiger partial charge in [0.15, 0.2) is 0 Å². The molecule has 0 aromatic carbocycles. The second-order valence-electron chi connectivity index (χ2n) is 8.41. The minimum absolute atomic E-state index is 0.104. The molecule has 2 heterocycles. The van der Waals surface area contributed by atoms with Gasteiger partial charge in [-0.2, -0.15) is 0 Å². The smallest absolute Gasteiger partial charge is 0.325 e. The Bertz CT molecular complexity index is 1110. The number of esters is 4. The third-order valence-electron chi connectivity index (χ3n) is 5.36. The van der Waals surface area contributed by atoms with Gasteiger partial charge in [-0.1, -0.05) is 0 Å².